The number of primary amides is 1. The molecule has 0 saturated carbocycles. The number of carbonyl (C=O) groups is 3. The molecule has 154 valence electrons. The standard InChI is InChI=1S/C22H26N2O4S/c1-3-15(2)21(16-9-5-4-6-10-16)22(27)28-13-20(26)24-17-11-7-8-12-18(17)29-14-19(23)25/h4-12,15,21H,3,13-14H2,1-2H3,(H2,23,25)(H,24,26)/t15-,21-/m1/s1. The summed E-state index contributed by atoms with van der Waals surface area (Å²) in [6.07, 6.45) is 0.811. The zero-order valence-electron chi connectivity index (χ0n) is 16.6. The molecule has 2 rings (SSSR count). The number of para-hydroxylation sites is 1. The highest BCUT2D eigenvalue weighted by atomic mass is 32.2. The number of nitrogens with one attached hydrogen (secondary N) is 1. The highest BCUT2D eigenvalue weighted by molar-refractivity contribution is 8.00. The first-order valence-corrected chi connectivity index (χ1v) is 10.4. The minimum atomic E-state index is -0.443. The summed E-state index contributed by atoms with van der Waals surface area (Å²) < 4.78 is 5.32. The van der Waals surface area contributed by atoms with Crippen LogP contribution >= 0.6 is 11.8 Å². The molecule has 0 fully saturated rings. The molecule has 2 amide bonds. The largest absolute Gasteiger partial charge is 0.455 e. The van der Waals surface area contributed by atoms with Gasteiger partial charge in [-0.15, -0.1) is 11.8 Å². The van der Waals surface area contributed by atoms with Crippen molar-refractivity contribution in [2.45, 2.75) is 31.1 Å². The van der Waals surface area contributed by atoms with Crippen LogP contribution in [0.2, 0.25) is 0 Å². The molecule has 0 aliphatic rings. The Labute approximate surface area is 175 Å². The van der Waals surface area contributed by atoms with Crippen molar-refractivity contribution in [2.24, 2.45) is 11.7 Å². The fourth-order valence-corrected chi connectivity index (χ4v) is 3.60. The molecule has 0 heterocycles. The van der Waals surface area contributed by atoms with E-state index in [2.05, 4.69) is 5.32 Å². The van der Waals surface area contributed by atoms with Gasteiger partial charge < -0.3 is 15.8 Å². The van der Waals surface area contributed by atoms with Gasteiger partial charge in [-0.3, -0.25) is 14.4 Å². The van der Waals surface area contributed by atoms with Gasteiger partial charge in [0.1, 0.15) is 0 Å². The Kier molecular flexibility index (Phi) is 8.73. The lowest BCUT2D eigenvalue weighted by Gasteiger charge is -2.21. The third-order valence-corrected chi connectivity index (χ3v) is 5.60. The van der Waals surface area contributed by atoms with E-state index in [1.54, 1.807) is 24.3 Å². The van der Waals surface area contributed by atoms with Crippen LogP contribution in [0.1, 0.15) is 31.7 Å². The van der Waals surface area contributed by atoms with Gasteiger partial charge in [-0.25, -0.2) is 0 Å². The molecule has 2 aromatic carbocycles. The van der Waals surface area contributed by atoms with Crippen LogP contribution in [-0.4, -0.2) is 30.1 Å². The molecule has 0 unspecified atom stereocenters. The van der Waals surface area contributed by atoms with E-state index >= 15 is 0 Å². The van der Waals surface area contributed by atoms with E-state index in [1.807, 2.05) is 44.2 Å². The maximum Gasteiger partial charge on any atom is 0.314 e. The molecule has 0 saturated heterocycles. The summed E-state index contributed by atoms with van der Waals surface area (Å²) in [5.74, 6) is -1.54. The quantitative estimate of drug-likeness (QED) is 0.457. The number of anilines is 1. The summed E-state index contributed by atoms with van der Waals surface area (Å²) >= 11 is 1.23. The van der Waals surface area contributed by atoms with Gasteiger partial charge in [0.05, 0.1) is 17.4 Å². The Balaban J connectivity index is 1.99. The van der Waals surface area contributed by atoms with Crippen molar-refractivity contribution in [2.75, 3.05) is 17.7 Å². The average Bonchev–Trinajstić information content (AvgIpc) is 2.72. The number of thioether (sulfide) groups is 1. The third-order valence-electron chi connectivity index (χ3n) is 4.50. The van der Waals surface area contributed by atoms with Crippen molar-refractivity contribution < 1.29 is 19.1 Å². The topological polar surface area (TPSA) is 98.5 Å². The van der Waals surface area contributed by atoms with E-state index in [0.29, 0.717) is 10.6 Å². The van der Waals surface area contributed by atoms with Gasteiger partial charge >= 0.3 is 5.97 Å². The van der Waals surface area contributed by atoms with Crippen LogP contribution in [0.4, 0.5) is 5.69 Å². The van der Waals surface area contributed by atoms with E-state index in [0.717, 1.165) is 12.0 Å². The van der Waals surface area contributed by atoms with Crippen LogP contribution in [0.5, 0.6) is 0 Å². The van der Waals surface area contributed by atoms with Crippen LogP contribution in [0.15, 0.2) is 59.5 Å². The van der Waals surface area contributed by atoms with E-state index in [-0.39, 0.29) is 18.3 Å². The Morgan fingerprint density at radius 3 is 2.38 bits per heavy atom. The summed E-state index contributed by atoms with van der Waals surface area (Å²) in [5, 5.41) is 2.72. The highest BCUT2D eigenvalue weighted by Crippen LogP contribution is 2.29. The number of ether oxygens (including phenoxy) is 1. The van der Waals surface area contributed by atoms with Gasteiger partial charge in [-0.1, -0.05) is 62.7 Å². The average molecular weight is 415 g/mol. The molecule has 3 N–H and O–H groups in total. The molecule has 0 spiro atoms. The molecule has 2 atom stereocenters. The first-order chi connectivity index (χ1) is 13.9. The van der Waals surface area contributed by atoms with E-state index in [4.69, 9.17) is 10.5 Å². The second-order valence-electron chi connectivity index (χ2n) is 6.68. The zero-order valence-corrected chi connectivity index (χ0v) is 17.4. The van der Waals surface area contributed by atoms with E-state index < -0.39 is 23.7 Å². The summed E-state index contributed by atoms with van der Waals surface area (Å²) in [4.78, 5) is 36.7. The highest BCUT2D eigenvalue weighted by Gasteiger charge is 2.27. The fourth-order valence-electron chi connectivity index (χ4n) is 2.85. The van der Waals surface area contributed by atoms with E-state index in [1.165, 1.54) is 11.8 Å². The van der Waals surface area contributed by atoms with Gasteiger partial charge in [0.25, 0.3) is 5.91 Å². The predicted molar refractivity (Wildman–Crippen MR) is 115 cm³/mol. The third kappa shape index (κ3) is 6.94. The first kappa shape index (κ1) is 22.5. The minimum absolute atomic E-state index is 0.0823. The summed E-state index contributed by atoms with van der Waals surface area (Å²) in [6.45, 7) is 3.62. The summed E-state index contributed by atoms with van der Waals surface area (Å²) in [5.41, 5.74) is 6.60. The molecule has 29 heavy (non-hydrogen) atoms. The van der Waals surface area contributed by atoms with Crippen LogP contribution in [0.3, 0.4) is 0 Å². The summed E-state index contributed by atoms with van der Waals surface area (Å²) in [7, 11) is 0. The van der Waals surface area contributed by atoms with Gasteiger partial charge in [0, 0.05) is 4.90 Å². The SMILES string of the molecule is CC[C@@H](C)[C@@H](C(=O)OCC(=O)Nc1ccccc1SCC(N)=O)c1ccccc1. The monoisotopic (exact) mass is 414 g/mol. The number of hydrogen-bond donors (Lipinski definition) is 2. The van der Waals surface area contributed by atoms with Gasteiger partial charge in [-0.2, -0.15) is 0 Å². The molecule has 6 nitrogen and oxygen atoms in total. The Hall–Kier alpha value is -2.80. The van der Waals surface area contributed by atoms with Gasteiger partial charge in [0.2, 0.25) is 5.91 Å². The van der Waals surface area contributed by atoms with Crippen LogP contribution in [-0.2, 0) is 19.1 Å². The zero-order chi connectivity index (χ0) is 21.2. The number of carbonyl (C=O) groups excluding carboxylic acids is 3. The molecule has 7 heteroatoms. The normalized spacial score (nSPS) is 12.6. The lowest BCUT2D eigenvalue weighted by molar-refractivity contribution is -0.150. The number of nitrogens with two attached hydrogens (primary N) is 1. The molecule has 0 aromatic heterocycles. The molecular formula is C22H26N2O4S. The number of esters is 1. The molecular weight excluding hydrogens is 388 g/mol. The Bertz CT molecular complexity index is 842. The Morgan fingerprint density at radius 2 is 1.72 bits per heavy atom. The second-order valence-corrected chi connectivity index (χ2v) is 7.70. The fraction of sp³-hybridized carbons (Fsp3) is 0.318. The smallest absolute Gasteiger partial charge is 0.314 e. The molecule has 0 radical (unpaired) electrons. The molecule has 0 bridgehead atoms. The van der Waals surface area contributed by atoms with Crippen molar-refractivity contribution in [3.63, 3.8) is 0 Å². The van der Waals surface area contributed by atoms with Gasteiger partial charge in [0.15, 0.2) is 6.61 Å². The summed E-state index contributed by atoms with van der Waals surface area (Å²) in [6, 6.07) is 16.5. The number of rotatable bonds is 10. The van der Waals surface area contributed by atoms with Gasteiger partial charge in [-0.05, 0) is 23.6 Å². The van der Waals surface area contributed by atoms with Crippen LogP contribution < -0.4 is 11.1 Å². The lowest BCUT2D eigenvalue weighted by Crippen LogP contribution is -2.27. The second kappa shape index (κ2) is 11.3. The number of hydrogen-bond acceptors (Lipinski definition) is 5. The van der Waals surface area contributed by atoms with Crippen LogP contribution in [0.25, 0.3) is 0 Å². The van der Waals surface area contributed by atoms with Crippen molar-refractivity contribution in [1.29, 1.82) is 0 Å². The molecule has 0 aliphatic carbocycles. The van der Waals surface area contributed by atoms with Crippen molar-refractivity contribution >= 4 is 35.2 Å². The number of benzene rings is 2. The van der Waals surface area contributed by atoms with Crippen molar-refractivity contribution in [3.05, 3.63) is 60.2 Å². The number of amides is 2. The maximum absolute atomic E-state index is 12.7. The lowest BCUT2D eigenvalue weighted by atomic mass is 9.86. The van der Waals surface area contributed by atoms with E-state index in [9.17, 15) is 14.4 Å². The maximum atomic E-state index is 12.7. The Morgan fingerprint density at radius 1 is 1.07 bits per heavy atom. The van der Waals surface area contributed by atoms with Crippen LogP contribution in [0, 0.1) is 5.92 Å². The molecule has 0 aliphatic heterocycles. The minimum Gasteiger partial charge on any atom is -0.455 e. The molecule has 2 aromatic rings. The first-order valence-electron chi connectivity index (χ1n) is 9.44. The van der Waals surface area contributed by atoms with Crippen molar-refractivity contribution in [1.82, 2.24) is 0 Å². The predicted octanol–water partition coefficient (Wildman–Crippen LogP) is 3.58. The van der Waals surface area contributed by atoms with Crippen molar-refractivity contribution in [3.8, 4) is 0 Å².